The predicted molar refractivity (Wildman–Crippen MR) is 76.4 cm³/mol. The lowest BCUT2D eigenvalue weighted by atomic mass is 9.84. The minimum Gasteiger partial charge on any atom is -0.369 e. The van der Waals surface area contributed by atoms with Crippen LogP contribution in [0.3, 0.4) is 0 Å². The number of morpholine rings is 1. The second-order valence-corrected chi connectivity index (χ2v) is 6.58. The molecule has 1 atom stereocenters. The normalized spacial score (nSPS) is 20.4. The van der Waals surface area contributed by atoms with Gasteiger partial charge in [0, 0.05) is 7.05 Å². The Hall–Kier alpha value is -1.56. The van der Waals surface area contributed by atoms with Crippen LogP contribution >= 0.6 is 0 Å². The summed E-state index contributed by atoms with van der Waals surface area (Å²) in [6.07, 6.45) is 0. The number of likely N-dealkylation sites (N-methyl/N-ethyl adjacent to an activating group) is 1. The second kappa shape index (κ2) is 5.57. The van der Waals surface area contributed by atoms with E-state index in [0.717, 1.165) is 11.0 Å². The summed E-state index contributed by atoms with van der Waals surface area (Å²) >= 11 is 0. The lowest BCUT2D eigenvalue weighted by Gasteiger charge is -2.38. The number of carbonyl (C=O) groups excluding carboxylic acids is 1. The van der Waals surface area contributed by atoms with Crippen LogP contribution in [0.15, 0.2) is 18.2 Å². The summed E-state index contributed by atoms with van der Waals surface area (Å²) in [6, 6.07) is 2.47. The monoisotopic (exact) mass is 315 g/mol. The van der Waals surface area contributed by atoms with Gasteiger partial charge in [-0.1, -0.05) is 32.9 Å². The molecule has 22 heavy (non-hydrogen) atoms. The Morgan fingerprint density at radius 1 is 1.23 bits per heavy atom. The van der Waals surface area contributed by atoms with Crippen molar-refractivity contribution in [2.24, 2.45) is 0 Å². The quantitative estimate of drug-likeness (QED) is 0.839. The smallest absolute Gasteiger partial charge is 0.298 e. The second-order valence-electron chi connectivity index (χ2n) is 6.58. The molecule has 0 radical (unpaired) electrons. The number of nitrogens with zero attached hydrogens (tertiary/aromatic N) is 1. The van der Waals surface area contributed by atoms with Crippen molar-refractivity contribution in [3.8, 4) is 0 Å². The fourth-order valence-electron chi connectivity index (χ4n) is 2.54. The molecule has 1 fully saturated rings. The largest absolute Gasteiger partial charge is 0.369 e. The molecule has 122 valence electrons. The number of alkyl halides is 2. The van der Waals surface area contributed by atoms with Crippen LogP contribution in [0.25, 0.3) is 0 Å². The van der Waals surface area contributed by atoms with E-state index in [-0.39, 0.29) is 18.8 Å². The van der Waals surface area contributed by atoms with Gasteiger partial charge in [0.1, 0.15) is 18.5 Å². The fourth-order valence-corrected chi connectivity index (χ4v) is 2.54. The van der Waals surface area contributed by atoms with Gasteiger partial charge in [0.25, 0.3) is 5.92 Å². The minimum atomic E-state index is -3.53. The van der Waals surface area contributed by atoms with E-state index in [1.807, 2.05) is 0 Å². The van der Waals surface area contributed by atoms with Crippen LogP contribution in [0.1, 0.15) is 31.9 Å². The average Bonchev–Trinajstić information content (AvgIpc) is 2.40. The molecule has 0 aromatic heterocycles. The first-order valence-corrected chi connectivity index (χ1v) is 7.07. The van der Waals surface area contributed by atoms with Gasteiger partial charge in [-0.2, -0.15) is 8.78 Å². The summed E-state index contributed by atoms with van der Waals surface area (Å²) in [5.74, 6) is -4.99. The van der Waals surface area contributed by atoms with Crippen LogP contribution in [-0.2, 0) is 20.9 Å². The standard InChI is InChI=1S/C16H20F3NO2/c1-15(2,3)10-6-5-7-11(14(10)17)16(18,19)12-8-22-9-13(21)20(12)4/h5-7,12H,8-9H2,1-4H3. The molecule has 1 unspecified atom stereocenters. The third-order valence-corrected chi connectivity index (χ3v) is 3.95. The molecule has 0 saturated carbocycles. The topological polar surface area (TPSA) is 29.5 Å². The summed E-state index contributed by atoms with van der Waals surface area (Å²) in [6.45, 7) is 4.72. The number of ether oxygens (including phenoxy) is 1. The zero-order valence-electron chi connectivity index (χ0n) is 13.1. The number of halogens is 3. The van der Waals surface area contributed by atoms with Gasteiger partial charge in [0.2, 0.25) is 5.91 Å². The van der Waals surface area contributed by atoms with Crippen LogP contribution < -0.4 is 0 Å². The van der Waals surface area contributed by atoms with Crippen LogP contribution in [0, 0.1) is 5.82 Å². The van der Waals surface area contributed by atoms with Crippen molar-refractivity contribution in [1.82, 2.24) is 4.90 Å². The van der Waals surface area contributed by atoms with Crippen molar-refractivity contribution in [3.63, 3.8) is 0 Å². The van der Waals surface area contributed by atoms with E-state index in [2.05, 4.69) is 0 Å². The third kappa shape index (κ3) is 2.84. The Balaban J connectivity index is 2.48. The zero-order chi connectivity index (χ0) is 16.7. The zero-order valence-corrected chi connectivity index (χ0v) is 13.1. The highest BCUT2D eigenvalue weighted by Crippen LogP contribution is 2.39. The van der Waals surface area contributed by atoms with Crippen LogP contribution in [-0.4, -0.2) is 37.1 Å². The van der Waals surface area contributed by atoms with E-state index in [1.54, 1.807) is 20.8 Å². The first kappa shape index (κ1) is 16.8. The molecule has 1 heterocycles. The Bertz CT molecular complexity index is 581. The highest BCUT2D eigenvalue weighted by atomic mass is 19.3. The Kier molecular flexibility index (Phi) is 4.26. The number of carbonyl (C=O) groups is 1. The van der Waals surface area contributed by atoms with Gasteiger partial charge < -0.3 is 9.64 Å². The van der Waals surface area contributed by atoms with E-state index in [1.165, 1.54) is 19.2 Å². The van der Waals surface area contributed by atoms with Gasteiger partial charge in [-0.25, -0.2) is 4.39 Å². The SMILES string of the molecule is CN1C(=O)COCC1C(F)(F)c1cccc(C(C)(C)C)c1F. The number of rotatable bonds is 2. The van der Waals surface area contributed by atoms with Crippen LogP contribution in [0.5, 0.6) is 0 Å². The molecule has 1 amide bonds. The summed E-state index contributed by atoms with van der Waals surface area (Å²) in [5.41, 5.74) is -1.08. The summed E-state index contributed by atoms with van der Waals surface area (Å²) in [7, 11) is 1.29. The Labute approximate surface area is 128 Å². The van der Waals surface area contributed by atoms with Crippen molar-refractivity contribution in [2.45, 2.75) is 38.2 Å². The van der Waals surface area contributed by atoms with Gasteiger partial charge in [-0.15, -0.1) is 0 Å². The lowest BCUT2D eigenvalue weighted by Crippen LogP contribution is -2.54. The molecule has 0 N–H and O–H groups in total. The predicted octanol–water partition coefficient (Wildman–Crippen LogP) is 3.07. The maximum absolute atomic E-state index is 14.8. The van der Waals surface area contributed by atoms with E-state index >= 15 is 0 Å². The summed E-state index contributed by atoms with van der Waals surface area (Å²) in [5, 5.41) is 0. The summed E-state index contributed by atoms with van der Waals surface area (Å²) < 4.78 is 49.1. The van der Waals surface area contributed by atoms with Crippen molar-refractivity contribution < 1.29 is 22.7 Å². The molecular formula is C16H20F3NO2. The van der Waals surface area contributed by atoms with Crippen LogP contribution in [0.2, 0.25) is 0 Å². The highest BCUT2D eigenvalue weighted by molar-refractivity contribution is 5.78. The number of benzene rings is 1. The van der Waals surface area contributed by atoms with E-state index in [9.17, 15) is 18.0 Å². The van der Waals surface area contributed by atoms with Gasteiger partial charge in [-0.3, -0.25) is 4.79 Å². The molecule has 0 bridgehead atoms. The Morgan fingerprint density at radius 2 is 1.82 bits per heavy atom. The van der Waals surface area contributed by atoms with Crippen molar-refractivity contribution in [3.05, 3.63) is 35.1 Å². The van der Waals surface area contributed by atoms with Gasteiger partial charge in [0.05, 0.1) is 12.2 Å². The molecule has 1 aliphatic rings. The first-order valence-electron chi connectivity index (χ1n) is 7.07. The Morgan fingerprint density at radius 3 is 2.41 bits per heavy atom. The van der Waals surface area contributed by atoms with Crippen molar-refractivity contribution >= 4 is 5.91 Å². The molecule has 1 saturated heterocycles. The number of hydrogen-bond acceptors (Lipinski definition) is 2. The molecule has 2 rings (SSSR count). The molecule has 0 aliphatic carbocycles. The third-order valence-electron chi connectivity index (χ3n) is 3.95. The number of amides is 1. The molecular weight excluding hydrogens is 295 g/mol. The fraction of sp³-hybridized carbons (Fsp3) is 0.562. The molecule has 1 aromatic rings. The molecule has 1 aromatic carbocycles. The van der Waals surface area contributed by atoms with Crippen LogP contribution in [0.4, 0.5) is 13.2 Å². The van der Waals surface area contributed by atoms with E-state index in [0.29, 0.717) is 0 Å². The van der Waals surface area contributed by atoms with E-state index in [4.69, 9.17) is 4.74 Å². The maximum Gasteiger partial charge on any atom is 0.298 e. The minimum absolute atomic E-state index is 0.218. The molecule has 6 heteroatoms. The first-order chi connectivity index (χ1) is 10.1. The molecule has 0 spiro atoms. The average molecular weight is 315 g/mol. The molecule has 3 nitrogen and oxygen atoms in total. The molecule has 1 aliphatic heterocycles. The van der Waals surface area contributed by atoms with Gasteiger partial charge >= 0.3 is 0 Å². The van der Waals surface area contributed by atoms with Crippen molar-refractivity contribution in [2.75, 3.05) is 20.3 Å². The van der Waals surface area contributed by atoms with Gasteiger partial charge in [-0.05, 0) is 17.0 Å². The number of hydrogen-bond donors (Lipinski definition) is 0. The lowest BCUT2D eigenvalue weighted by molar-refractivity contribution is -0.169. The summed E-state index contributed by atoms with van der Waals surface area (Å²) in [4.78, 5) is 12.5. The van der Waals surface area contributed by atoms with Crippen molar-refractivity contribution in [1.29, 1.82) is 0 Å². The maximum atomic E-state index is 14.8. The van der Waals surface area contributed by atoms with Gasteiger partial charge in [0.15, 0.2) is 0 Å². The highest BCUT2D eigenvalue weighted by Gasteiger charge is 2.49. The van der Waals surface area contributed by atoms with E-state index < -0.39 is 34.7 Å².